The average Bonchev–Trinajstić information content (AvgIpc) is 2.26. The first-order chi connectivity index (χ1) is 7.54. The lowest BCUT2D eigenvalue weighted by Crippen LogP contribution is -2.24. The highest BCUT2D eigenvalue weighted by atomic mass is 16.5. The van der Waals surface area contributed by atoms with Crippen molar-refractivity contribution in [2.75, 3.05) is 0 Å². The van der Waals surface area contributed by atoms with E-state index in [1.807, 2.05) is 0 Å². The average molecular weight is 219 g/mol. The summed E-state index contributed by atoms with van der Waals surface area (Å²) in [4.78, 5) is 22.8. The van der Waals surface area contributed by atoms with Gasteiger partial charge in [-0.25, -0.2) is 0 Å². The van der Waals surface area contributed by atoms with Crippen molar-refractivity contribution < 1.29 is 15.1 Å². The number of carbonyl (C=O) groups excluding carboxylic acids is 1. The third kappa shape index (κ3) is 1.25. The molecule has 0 spiro atoms. The molecular weight excluding hydrogens is 210 g/mol. The van der Waals surface area contributed by atoms with Crippen LogP contribution in [0.25, 0.3) is 10.9 Å². The fraction of sp³-hybridized carbons (Fsp3) is 0.0909. The Morgan fingerprint density at radius 2 is 1.94 bits per heavy atom. The number of pyridine rings is 1. The van der Waals surface area contributed by atoms with Gasteiger partial charge in [0.1, 0.15) is 11.3 Å². The Balaban J connectivity index is 3.07. The summed E-state index contributed by atoms with van der Waals surface area (Å²) in [5.41, 5.74) is -1.15. The van der Waals surface area contributed by atoms with Crippen LogP contribution in [0.5, 0.6) is 5.75 Å². The van der Waals surface area contributed by atoms with E-state index in [1.165, 1.54) is 12.1 Å². The zero-order valence-corrected chi connectivity index (χ0v) is 8.47. The number of fused-ring (bicyclic) bond motifs is 1. The summed E-state index contributed by atoms with van der Waals surface area (Å²) in [5, 5.41) is 19.6. The lowest BCUT2D eigenvalue weighted by atomic mass is 10.1. The molecule has 0 amide bonds. The highest BCUT2D eigenvalue weighted by Crippen LogP contribution is 2.25. The maximum atomic E-state index is 11.6. The molecule has 1 heterocycles. The summed E-state index contributed by atoms with van der Waals surface area (Å²) in [6, 6.07) is 6.24. The minimum absolute atomic E-state index is 0.162. The van der Waals surface area contributed by atoms with Gasteiger partial charge in [0.05, 0.1) is 5.52 Å². The lowest BCUT2D eigenvalue weighted by Gasteiger charge is -2.07. The summed E-state index contributed by atoms with van der Waals surface area (Å²) in [6.45, 7) is 1.16. The second-order valence-corrected chi connectivity index (χ2v) is 3.41. The molecule has 0 saturated carbocycles. The minimum atomic E-state index is -0.913. The van der Waals surface area contributed by atoms with Gasteiger partial charge in [-0.3, -0.25) is 9.59 Å². The van der Waals surface area contributed by atoms with Gasteiger partial charge >= 0.3 is 0 Å². The van der Waals surface area contributed by atoms with Gasteiger partial charge in [0.15, 0.2) is 5.78 Å². The van der Waals surface area contributed by atoms with Crippen LogP contribution in [-0.2, 0) is 0 Å². The van der Waals surface area contributed by atoms with Gasteiger partial charge < -0.3 is 10.3 Å². The van der Waals surface area contributed by atoms with E-state index < -0.39 is 22.7 Å². The third-order valence-electron chi connectivity index (χ3n) is 2.38. The van der Waals surface area contributed by atoms with Crippen molar-refractivity contribution in [1.82, 2.24) is 4.73 Å². The molecule has 1 aromatic heterocycles. The van der Waals surface area contributed by atoms with Gasteiger partial charge in [0.25, 0.3) is 5.56 Å². The Bertz CT molecular complexity index is 642. The standard InChI is InChI=1S/C11H9NO4/c1-6(13)9-10(14)7-4-2-3-5-8(7)12(16)11(9)15/h2-5,14,16H,1H3. The van der Waals surface area contributed by atoms with E-state index in [2.05, 4.69) is 0 Å². The quantitative estimate of drug-likeness (QED) is 0.557. The first-order valence-corrected chi connectivity index (χ1v) is 4.61. The van der Waals surface area contributed by atoms with Crippen molar-refractivity contribution in [3.05, 3.63) is 40.2 Å². The maximum Gasteiger partial charge on any atom is 0.298 e. The second-order valence-electron chi connectivity index (χ2n) is 3.41. The zero-order chi connectivity index (χ0) is 11.9. The Hall–Kier alpha value is -2.30. The predicted octanol–water partition coefficient (Wildman–Crippen LogP) is 1.15. The number of aromatic hydroxyl groups is 1. The number of hydrogen-bond donors (Lipinski definition) is 2. The number of Topliss-reactive ketones (excluding diaryl/α,β-unsaturated/α-hetero) is 1. The zero-order valence-electron chi connectivity index (χ0n) is 8.47. The van der Waals surface area contributed by atoms with Crippen molar-refractivity contribution in [2.24, 2.45) is 0 Å². The van der Waals surface area contributed by atoms with Crippen LogP contribution in [0.2, 0.25) is 0 Å². The van der Waals surface area contributed by atoms with Crippen LogP contribution in [0, 0.1) is 0 Å². The molecule has 0 aliphatic carbocycles. The van der Waals surface area contributed by atoms with Gasteiger partial charge in [0, 0.05) is 5.39 Å². The van der Waals surface area contributed by atoms with Crippen LogP contribution < -0.4 is 5.56 Å². The molecule has 0 saturated heterocycles. The molecule has 2 aromatic rings. The van der Waals surface area contributed by atoms with Gasteiger partial charge in [-0.05, 0) is 19.1 Å². The first kappa shape index (κ1) is 10.2. The monoisotopic (exact) mass is 219 g/mol. The number of nitrogens with zero attached hydrogens (tertiary/aromatic N) is 1. The fourth-order valence-electron chi connectivity index (χ4n) is 1.63. The molecule has 5 heteroatoms. The molecule has 16 heavy (non-hydrogen) atoms. The maximum absolute atomic E-state index is 11.6. The summed E-state index contributed by atoms with van der Waals surface area (Å²) in [7, 11) is 0. The topological polar surface area (TPSA) is 79.5 Å². The van der Waals surface area contributed by atoms with Crippen LogP contribution in [0.15, 0.2) is 29.1 Å². The Kier molecular flexibility index (Phi) is 2.16. The minimum Gasteiger partial charge on any atom is -0.506 e. The van der Waals surface area contributed by atoms with Crippen molar-refractivity contribution in [3.8, 4) is 5.75 Å². The Labute approximate surface area is 90.1 Å². The van der Waals surface area contributed by atoms with Crippen LogP contribution in [0.4, 0.5) is 0 Å². The third-order valence-corrected chi connectivity index (χ3v) is 2.38. The molecular formula is C11H9NO4. The van der Waals surface area contributed by atoms with E-state index in [1.54, 1.807) is 12.1 Å². The predicted molar refractivity (Wildman–Crippen MR) is 57.1 cm³/mol. The van der Waals surface area contributed by atoms with Crippen LogP contribution in [0.3, 0.4) is 0 Å². The molecule has 0 aliphatic rings. The van der Waals surface area contributed by atoms with E-state index in [0.717, 1.165) is 6.92 Å². The molecule has 2 rings (SSSR count). The van der Waals surface area contributed by atoms with Crippen molar-refractivity contribution in [2.45, 2.75) is 6.92 Å². The van der Waals surface area contributed by atoms with E-state index in [9.17, 15) is 19.9 Å². The van der Waals surface area contributed by atoms with E-state index in [4.69, 9.17) is 0 Å². The highest BCUT2D eigenvalue weighted by Gasteiger charge is 2.18. The van der Waals surface area contributed by atoms with Crippen molar-refractivity contribution >= 4 is 16.7 Å². The van der Waals surface area contributed by atoms with Crippen molar-refractivity contribution in [1.29, 1.82) is 0 Å². The number of ketones is 1. The summed E-state index contributed by atoms with van der Waals surface area (Å²) in [6.07, 6.45) is 0. The smallest absolute Gasteiger partial charge is 0.298 e. The molecule has 2 N–H and O–H groups in total. The van der Waals surface area contributed by atoms with E-state index >= 15 is 0 Å². The summed E-state index contributed by atoms with van der Waals surface area (Å²) < 4.78 is 0.367. The SMILES string of the molecule is CC(=O)c1c(O)c2ccccc2n(O)c1=O. The molecule has 0 aliphatic heterocycles. The first-order valence-electron chi connectivity index (χ1n) is 4.61. The molecule has 0 fully saturated rings. The largest absolute Gasteiger partial charge is 0.506 e. The molecule has 0 radical (unpaired) electrons. The van der Waals surface area contributed by atoms with Crippen LogP contribution in [-0.4, -0.2) is 20.8 Å². The summed E-state index contributed by atoms with van der Waals surface area (Å²) in [5.74, 6) is -0.977. The van der Waals surface area contributed by atoms with Gasteiger partial charge in [-0.1, -0.05) is 12.1 Å². The molecule has 0 atom stereocenters. The molecule has 0 bridgehead atoms. The number of aromatic nitrogens is 1. The van der Waals surface area contributed by atoms with E-state index in [-0.39, 0.29) is 10.9 Å². The molecule has 5 nitrogen and oxygen atoms in total. The number of benzene rings is 1. The van der Waals surface area contributed by atoms with Gasteiger partial charge in [-0.15, -0.1) is 4.73 Å². The number of rotatable bonds is 1. The van der Waals surface area contributed by atoms with Crippen LogP contribution in [0.1, 0.15) is 17.3 Å². The van der Waals surface area contributed by atoms with E-state index in [0.29, 0.717) is 4.73 Å². The van der Waals surface area contributed by atoms with Crippen molar-refractivity contribution in [3.63, 3.8) is 0 Å². The number of hydrogen-bond acceptors (Lipinski definition) is 4. The van der Waals surface area contributed by atoms with Crippen LogP contribution >= 0.6 is 0 Å². The Morgan fingerprint density at radius 1 is 1.31 bits per heavy atom. The molecule has 0 unspecified atom stereocenters. The van der Waals surface area contributed by atoms with Gasteiger partial charge in [0.2, 0.25) is 0 Å². The second kappa shape index (κ2) is 3.37. The highest BCUT2D eigenvalue weighted by molar-refractivity contribution is 6.02. The normalized spacial score (nSPS) is 10.6. The Morgan fingerprint density at radius 3 is 2.56 bits per heavy atom. The lowest BCUT2D eigenvalue weighted by molar-refractivity contribution is 0.100. The van der Waals surface area contributed by atoms with Gasteiger partial charge in [-0.2, -0.15) is 0 Å². The number of carbonyl (C=O) groups is 1. The fourth-order valence-corrected chi connectivity index (χ4v) is 1.63. The molecule has 1 aromatic carbocycles. The molecule has 82 valence electrons. The number of para-hydroxylation sites is 1. The summed E-state index contributed by atoms with van der Waals surface area (Å²) >= 11 is 0.